The van der Waals surface area contributed by atoms with Crippen molar-refractivity contribution in [3.05, 3.63) is 40.7 Å². The third kappa shape index (κ3) is 2.62. The number of carboxylic acid groups (broad SMARTS) is 1. The van der Waals surface area contributed by atoms with Crippen molar-refractivity contribution in [1.82, 2.24) is 15.0 Å². The van der Waals surface area contributed by atoms with Gasteiger partial charge in [-0.1, -0.05) is 16.8 Å². The fourth-order valence-corrected chi connectivity index (χ4v) is 1.75. The average Bonchev–Trinajstić information content (AvgIpc) is 2.65. The van der Waals surface area contributed by atoms with Crippen LogP contribution >= 0.6 is 11.6 Å². The minimum atomic E-state index is -0.926. The van der Waals surface area contributed by atoms with E-state index < -0.39 is 5.97 Å². The number of carboxylic acids is 1. The van der Waals surface area contributed by atoms with E-state index in [1.807, 2.05) is 19.1 Å². The predicted octanol–water partition coefficient (Wildman–Crippen LogP) is 1.86. The molecule has 0 spiro atoms. The van der Waals surface area contributed by atoms with Gasteiger partial charge in [-0.15, -0.1) is 5.10 Å². The van der Waals surface area contributed by atoms with Crippen LogP contribution in [0.25, 0.3) is 5.69 Å². The highest BCUT2D eigenvalue weighted by Gasteiger charge is 2.08. The Morgan fingerprint density at radius 3 is 2.94 bits per heavy atom. The van der Waals surface area contributed by atoms with Gasteiger partial charge in [-0.05, 0) is 30.7 Å². The number of hydrogen-bond donors (Lipinski definition) is 1. The van der Waals surface area contributed by atoms with E-state index in [1.54, 1.807) is 16.9 Å². The van der Waals surface area contributed by atoms with Crippen LogP contribution in [0.15, 0.2) is 24.4 Å². The van der Waals surface area contributed by atoms with E-state index in [4.69, 9.17) is 16.7 Å². The lowest BCUT2D eigenvalue weighted by Crippen LogP contribution is -2.00. The Kier molecular flexibility index (Phi) is 3.10. The maximum atomic E-state index is 10.5. The molecule has 0 fully saturated rings. The van der Waals surface area contributed by atoms with Crippen molar-refractivity contribution < 1.29 is 9.90 Å². The molecule has 5 nitrogen and oxygen atoms in total. The van der Waals surface area contributed by atoms with Crippen molar-refractivity contribution >= 4 is 17.6 Å². The van der Waals surface area contributed by atoms with Crippen LogP contribution in [0.1, 0.15) is 11.3 Å². The molecule has 1 heterocycles. The van der Waals surface area contributed by atoms with Gasteiger partial charge in [0, 0.05) is 5.02 Å². The monoisotopic (exact) mass is 251 g/mol. The fourth-order valence-electron chi connectivity index (χ4n) is 1.53. The molecule has 0 aliphatic heterocycles. The zero-order valence-corrected chi connectivity index (χ0v) is 9.85. The molecule has 0 amide bonds. The normalized spacial score (nSPS) is 10.5. The van der Waals surface area contributed by atoms with Crippen molar-refractivity contribution in [1.29, 1.82) is 0 Å². The lowest BCUT2D eigenvalue weighted by atomic mass is 10.2. The molecule has 1 aromatic heterocycles. The van der Waals surface area contributed by atoms with E-state index in [1.165, 1.54) is 0 Å². The Balaban J connectivity index is 2.33. The van der Waals surface area contributed by atoms with E-state index >= 15 is 0 Å². The van der Waals surface area contributed by atoms with Gasteiger partial charge in [0.05, 0.1) is 24.0 Å². The molecule has 0 radical (unpaired) electrons. The summed E-state index contributed by atoms with van der Waals surface area (Å²) in [5.41, 5.74) is 2.20. The van der Waals surface area contributed by atoms with Crippen LogP contribution < -0.4 is 0 Å². The van der Waals surface area contributed by atoms with Gasteiger partial charge in [0.15, 0.2) is 0 Å². The first-order chi connectivity index (χ1) is 8.06. The summed E-state index contributed by atoms with van der Waals surface area (Å²) in [6.45, 7) is 1.90. The van der Waals surface area contributed by atoms with Crippen molar-refractivity contribution in [2.24, 2.45) is 0 Å². The number of benzene rings is 1. The number of nitrogens with zero attached hydrogens (tertiary/aromatic N) is 3. The molecule has 0 saturated carbocycles. The summed E-state index contributed by atoms with van der Waals surface area (Å²) in [6.07, 6.45) is 1.47. The quantitative estimate of drug-likeness (QED) is 0.904. The summed E-state index contributed by atoms with van der Waals surface area (Å²) in [7, 11) is 0. The van der Waals surface area contributed by atoms with Crippen LogP contribution in [-0.4, -0.2) is 26.1 Å². The van der Waals surface area contributed by atoms with Crippen LogP contribution in [0, 0.1) is 6.92 Å². The molecule has 0 atom stereocenters. The first kappa shape index (κ1) is 11.6. The van der Waals surface area contributed by atoms with Gasteiger partial charge in [0.25, 0.3) is 0 Å². The molecule has 2 rings (SSSR count). The van der Waals surface area contributed by atoms with Crippen molar-refractivity contribution in [2.75, 3.05) is 0 Å². The van der Waals surface area contributed by atoms with E-state index in [0.29, 0.717) is 10.7 Å². The molecule has 17 heavy (non-hydrogen) atoms. The Hall–Kier alpha value is -1.88. The Morgan fingerprint density at radius 1 is 1.53 bits per heavy atom. The van der Waals surface area contributed by atoms with E-state index in [9.17, 15) is 4.79 Å². The first-order valence-corrected chi connectivity index (χ1v) is 5.33. The molecule has 0 unspecified atom stereocenters. The molecule has 6 heteroatoms. The van der Waals surface area contributed by atoms with E-state index in [0.717, 1.165) is 11.3 Å². The zero-order valence-electron chi connectivity index (χ0n) is 9.09. The summed E-state index contributed by atoms with van der Waals surface area (Å²) >= 11 is 5.86. The van der Waals surface area contributed by atoms with Gasteiger partial charge in [-0.2, -0.15) is 0 Å². The fraction of sp³-hybridized carbons (Fsp3) is 0.182. The number of aliphatic carboxylic acids is 1. The SMILES string of the molecule is Cc1cc(Cl)ccc1-n1cc(CC(=O)O)nn1. The maximum Gasteiger partial charge on any atom is 0.309 e. The Labute approximate surface area is 103 Å². The second kappa shape index (κ2) is 4.55. The molecule has 1 N–H and O–H groups in total. The molecule has 88 valence electrons. The standard InChI is InChI=1S/C11H10ClN3O2/c1-7-4-8(12)2-3-10(7)15-6-9(13-14-15)5-11(16)17/h2-4,6H,5H2,1H3,(H,16,17). The highest BCUT2D eigenvalue weighted by atomic mass is 35.5. The zero-order chi connectivity index (χ0) is 12.4. The largest absolute Gasteiger partial charge is 0.481 e. The van der Waals surface area contributed by atoms with Crippen molar-refractivity contribution in [3.63, 3.8) is 0 Å². The van der Waals surface area contributed by atoms with Gasteiger partial charge in [0.1, 0.15) is 0 Å². The lowest BCUT2D eigenvalue weighted by molar-refractivity contribution is -0.136. The molecular formula is C11H10ClN3O2. The summed E-state index contributed by atoms with van der Waals surface area (Å²) in [5, 5.41) is 17.0. The summed E-state index contributed by atoms with van der Waals surface area (Å²) in [4.78, 5) is 10.5. The maximum absolute atomic E-state index is 10.5. The average molecular weight is 252 g/mol. The topological polar surface area (TPSA) is 68.0 Å². The molecular weight excluding hydrogens is 242 g/mol. The summed E-state index contributed by atoms with van der Waals surface area (Å²) in [5.74, 6) is -0.926. The molecule has 1 aromatic carbocycles. The van der Waals surface area contributed by atoms with E-state index in [-0.39, 0.29) is 6.42 Å². The molecule has 0 aliphatic carbocycles. The van der Waals surface area contributed by atoms with Gasteiger partial charge >= 0.3 is 5.97 Å². The van der Waals surface area contributed by atoms with Gasteiger partial charge in [-0.3, -0.25) is 4.79 Å². The minimum absolute atomic E-state index is 0.132. The van der Waals surface area contributed by atoms with Crippen molar-refractivity contribution in [3.8, 4) is 5.69 Å². The second-order valence-corrected chi connectivity index (χ2v) is 4.09. The number of halogens is 1. The van der Waals surface area contributed by atoms with Crippen LogP contribution in [0.3, 0.4) is 0 Å². The molecule has 0 bridgehead atoms. The number of hydrogen-bond acceptors (Lipinski definition) is 3. The number of carbonyl (C=O) groups is 1. The predicted molar refractivity (Wildman–Crippen MR) is 62.4 cm³/mol. The third-order valence-corrected chi connectivity index (χ3v) is 2.51. The number of rotatable bonds is 3. The van der Waals surface area contributed by atoms with E-state index in [2.05, 4.69) is 10.3 Å². The van der Waals surface area contributed by atoms with Crippen LogP contribution in [-0.2, 0) is 11.2 Å². The third-order valence-electron chi connectivity index (χ3n) is 2.28. The number of aryl methyl sites for hydroxylation is 1. The molecule has 0 aliphatic rings. The van der Waals surface area contributed by atoms with Gasteiger partial charge < -0.3 is 5.11 Å². The summed E-state index contributed by atoms with van der Waals surface area (Å²) < 4.78 is 1.55. The Morgan fingerprint density at radius 2 is 2.29 bits per heavy atom. The van der Waals surface area contributed by atoms with Crippen LogP contribution in [0.5, 0.6) is 0 Å². The van der Waals surface area contributed by atoms with Gasteiger partial charge in [-0.25, -0.2) is 4.68 Å². The highest BCUT2D eigenvalue weighted by molar-refractivity contribution is 6.30. The summed E-state index contributed by atoms with van der Waals surface area (Å²) in [6, 6.07) is 5.38. The lowest BCUT2D eigenvalue weighted by Gasteiger charge is -2.04. The van der Waals surface area contributed by atoms with Crippen LogP contribution in [0.2, 0.25) is 5.02 Å². The number of aromatic nitrogens is 3. The molecule has 2 aromatic rings. The van der Waals surface area contributed by atoms with Crippen LogP contribution in [0.4, 0.5) is 0 Å². The smallest absolute Gasteiger partial charge is 0.309 e. The van der Waals surface area contributed by atoms with Crippen molar-refractivity contribution in [2.45, 2.75) is 13.3 Å². The highest BCUT2D eigenvalue weighted by Crippen LogP contribution is 2.18. The first-order valence-electron chi connectivity index (χ1n) is 4.96. The second-order valence-electron chi connectivity index (χ2n) is 3.66. The van der Waals surface area contributed by atoms with Gasteiger partial charge in [0.2, 0.25) is 0 Å². The Bertz CT molecular complexity index is 566. The molecule has 0 saturated heterocycles. The minimum Gasteiger partial charge on any atom is -0.481 e.